The topological polar surface area (TPSA) is 113 Å². The largest absolute Gasteiger partial charge is 0.481 e. The van der Waals surface area contributed by atoms with Crippen molar-refractivity contribution in [3.63, 3.8) is 0 Å². The number of carbonyl (C=O) groups is 3. The molecule has 7 nitrogen and oxygen atoms in total. The predicted molar refractivity (Wildman–Crippen MR) is 61.3 cm³/mol. The lowest BCUT2D eigenvalue weighted by atomic mass is 10.1. The SMILES string of the molecule is CCN(C(C)CC(=O)O)C(C)C(=O)NC(N)=O. The highest BCUT2D eigenvalue weighted by Gasteiger charge is 2.26. The molecule has 0 aromatic carbocycles. The molecular weight excluding hydrogens is 226 g/mol. The van der Waals surface area contributed by atoms with Crippen LogP contribution in [-0.2, 0) is 9.59 Å². The summed E-state index contributed by atoms with van der Waals surface area (Å²) in [6.45, 7) is 5.62. The van der Waals surface area contributed by atoms with Crippen LogP contribution in [0.25, 0.3) is 0 Å². The fourth-order valence-corrected chi connectivity index (χ4v) is 1.71. The van der Waals surface area contributed by atoms with E-state index in [1.54, 1.807) is 18.7 Å². The van der Waals surface area contributed by atoms with Crippen LogP contribution in [0.3, 0.4) is 0 Å². The van der Waals surface area contributed by atoms with Gasteiger partial charge in [0.05, 0.1) is 12.5 Å². The molecule has 0 radical (unpaired) electrons. The Morgan fingerprint density at radius 2 is 1.88 bits per heavy atom. The average Bonchev–Trinajstić information content (AvgIpc) is 2.16. The Balaban J connectivity index is 4.58. The van der Waals surface area contributed by atoms with Gasteiger partial charge in [-0.2, -0.15) is 0 Å². The number of urea groups is 1. The monoisotopic (exact) mass is 245 g/mol. The van der Waals surface area contributed by atoms with Crippen molar-refractivity contribution in [1.29, 1.82) is 0 Å². The van der Waals surface area contributed by atoms with Gasteiger partial charge in [-0.3, -0.25) is 19.8 Å². The fourth-order valence-electron chi connectivity index (χ4n) is 1.71. The highest BCUT2D eigenvalue weighted by molar-refractivity contribution is 5.96. The highest BCUT2D eigenvalue weighted by atomic mass is 16.4. The maximum Gasteiger partial charge on any atom is 0.318 e. The lowest BCUT2D eigenvalue weighted by Gasteiger charge is -2.31. The molecule has 0 spiro atoms. The molecule has 2 atom stereocenters. The van der Waals surface area contributed by atoms with Gasteiger partial charge in [-0.1, -0.05) is 6.92 Å². The molecule has 3 amide bonds. The van der Waals surface area contributed by atoms with E-state index in [-0.39, 0.29) is 12.5 Å². The first kappa shape index (κ1) is 15.4. The van der Waals surface area contributed by atoms with Gasteiger partial charge in [-0.05, 0) is 20.4 Å². The lowest BCUT2D eigenvalue weighted by Crippen LogP contribution is -2.51. The molecule has 0 saturated heterocycles. The van der Waals surface area contributed by atoms with Crippen LogP contribution in [0.15, 0.2) is 0 Å². The molecule has 0 aliphatic rings. The molecule has 0 fully saturated rings. The quantitative estimate of drug-likeness (QED) is 0.597. The number of hydrogen-bond acceptors (Lipinski definition) is 4. The van der Waals surface area contributed by atoms with Crippen molar-refractivity contribution in [1.82, 2.24) is 10.2 Å². The summed E-state index contributed by atoms with van der Waals surface area (Å²) in [6.07, 6.45) is -0.0674. The van der Waals surface area contributed by atoms with E-state index in [1.807, 2.05) is 12.2 Å². The number of rotatable bonds is 6. The Morgan fingerprint density at radius 1 is 1.35 bits per heavy atom. The fraction of sp³-hybridized carbons (Fsp3) is 0.700. The van der Waals surface area contributed by atoms with Crippen LogP contribution in [-0.4, -0.2) is 46.5 Å². The summed E-state index contributed by atoms with van der Waals surface area (Å²) in [5.74, 6) is -1.46. The van der Waals surface area contributed by atoms with Gasteiger partial charge in [0.15, 0.2) is 0 Å². The number of nitrogens with one attached hydrogen (secondary N) is 1. The average molecular weight is 245 g/mol. The van der Waals surface area contributed by atoms with Crippen molar-refractivity contribution in [3.05, 3.63) is 0 Å². The van der Waals surface area contributed by atoms with Gasteiger partial charge in [-0.25, -0.2) is 4.79 Å². The van der Waals surface area contributed by atoms with E-state index in [2.05, 4.69) is 0 Å². The zero-order chi connectivity index (χ0) is 13.6. The van der Waals surface area contributed by atoms with Crippen molar-refractivity contribution in [2.75, 3.05) is 6.54 Å². The number of amides is 3. The number of carbonyl (C=O) groups excluding carboxylic acids is 2. The minimum absolute atomic E-state index is 0.0674. The molecule has 17 heavy (non-hydrogen) atoms. The Bertz CT molecular complexity index is 306. The number of carboxylic acids is 1. The number of likely N-dealkylation sites (N-methyl/N-ethyl adjacent to an activating group) is 1. The van der Waals surface area contributed by atoms with Crippen molar-refractivity contribution < 1.29 is 19.5 Å². The summed E-state index contributed by atoms with van der Waals surface area (Å²) >= 11 is 0. The first-order chi connectivity index (χ1) is 7.79. The number of aliphatic carboxylic acids is 1. The van der Waals surface area contributed by atoms with Crippen molar-refractivity contribution in [3.8, 4) is 0 Å². The molecule has 0 aromatic heterocycles. The van der Waals surface area contributed by atoms with Gasteiger partial charge in [-0.15, -0.1) is 0 Å². The number of imide groups is 1. The third-order valence-electron chi connectivity index (χ3n) is 2.52. The Labute approximate surface area is 100.0 Å². The van der Waals surface area contributed by atoms with Gasteiger partial charge in [0.25, 0.3) is 0 Å². The second kappa shape index (κ2) is 6.85. The molecule has 7 heteroatoms. The standard InChI is InChI=1S/C10H19N3O4/c1-4-13(6(2)5-8(14)15)7(3)9(16)12-10(11)17/h6-7H,4-5H2,1-3H3,(H,14,15)(H3,11,12,16,17). The van der Waals surface area contributed by atoms with E-state index in [0.29, 0.717) is 6.54 Å². The third kappa shape index (κ3) is 5.30. The molecular formula is C10H19N3O4. The van der Waals surface area contributed by atoms with E-state index in [0.717, 1.165) is 0 Å². The van der Waals surface area contributed by atoms with E-state index in [4.69, 9.17) is 10.8 Å². The van der Waals surface area contributed by atoms with Gasteiger partial charge < -0.3 is 10.8 Å². The minimum Gasteiger partial charge on any atom is -0.481 e. The summed E-state index contributed by atoms with van der Waals surface area (Å²) in [4.78, 5) is 34.4. The van der Waals surface area contributed by atoms with Gasteiger partial charge in [0, 0.05) is 6.04 Å². The molecule has 0 aliphatic heterocycles. The Morgan fingerprint density at radius 3 is 2.24 bits per heavy atom. The number of primary amides is 1. The van der Waals surface area contributed by atoms with Crippen LogP contribution in [0.4, 0.5) is 4.79 Å². The van der Waals surface area contributed by atoms with E-state index in [1.165, 1.54) is 0 Å². The van der Waals surface area contributed by atoms with Gasteiger partial charge in [0.2, 0.25) is 5.91 Å². The zero-order valence-electron chi connectivity index (χ0n) is 10.3. The summed E-state index contributed by atoms with van der Waals surface area (Å²) < 4.78 is 0. The van der Waals surface area contributed by atoms with Crippen LogP contribution < -0.4 is 11.1 Å². The van der Waals surface area contributed by atoms with Crippen molar-refractivity contribution in [2.45, 2.75) is 39.3 Å². The van der Waals surface area contributed by atoms with Gasteiger partial charge >= 0.3 is 12.0 Å². The maximum absolute atomic E-state index is 11.5. The Hall–Kier alpha value is -1.63. The van der Waals surface area contributed by atoms with Crippen LogP contribution >= 0.6 is 0 Å². The van der Waals surface area contributed by atoms with E-state index < -0.39 is 23.9 Å². The summed E-state index contributed by atoms with van der Waals surface area (Å²) in [5.41, 5.74) is 4.85. The maximum atomic E-state index is 11.5. The molecule has 0 saturated carbocycles. The molecule has 0 heterocycles. The third-order valence-corrected chi connectivity index (χ3v) is 2.52. The van der Waals surface area contributed by atoms with Crippen LogP contribution in [0, 0.1) is 0 Å². The molecule has 0 bridgehead atoms. The van der Waals surface area contributed by atoms with Crippen molar-refractivity contribution >= 4 is 17.9 Å². The number of nitrogens with two attached hydrogens (primary N) is 1. The molecule has 2 unspecified atom stereocenters. The number of hydrogen-bond donors (Lipinski definition) is 3. The second-order valence-electron chi connectivity index (χ2n) is 3.81. The predicted octanol–water partition coefficient (Wildman–Crippen LogP) is -0.245. The normalized spacial score (nSPS) is 14.1. The first-order valence-corrected chi connectivity index (χ1v) is 5.37. The summed E-state index contributed by atoms with van der Waals surface area (Å²) in [7, 11) is 0. The van der Waals surface area contributed by atoms with Crippen LogP contribution in [0.1, 0.15) is 27.2 Å². The zero-order valence-corrected chi connectivity index (χ0v) is 10.3. The number of nitrogens with zero attached hydrogens (tertiary/aromatic N) is 1. The summed E-state index contributed by atoms with van der Waals surface area (Å²) in [5, 5.41) is 10.7. The van der Waals surface area contributed by atoms with E-state index >= 15 is 0 Å². The number of carboxylic acid groups (broad SMARTS) is 1. The molecule has 4 N–H and O–H groups in total. The lowest BCUT2D eigenvalue weighted by molar-refractivity contribution is -0.139. The minimum atomic E-state index is -0.932. The van der Waals surface area contributed by atoms with E-state index in [9.17, 15) is 14.4 Å². The molecule has 0 rings (SSSR count). The molecule has 98 valence electrons. The smallest absolute Gasteiger partial charge is 0.318 e. The second-order valence-corrected chi connectivity index (χ2v) is 3.81. The van der Waals surface area contributed by atoms with Crippen LogP contribution in [0.5, 0.6) is 0 Å². The Kier molecular flexibility index (Phi) is 6.19. The van der Waals surface area contributed by atoms with Gasteiger partial charge in [0.1, 0.15) is 0 Å². The van der Waals surface area contributed by atoms with Crippen molar-refractivity contribution in [2.24, 2.45) is 5.73 Å². The summed E-state index contributed by atoms with van der Waals surface area (Å²) in [6, 6.07) is -1.82. The highest BCUT2D eigenvalue weighted by Crippen LogP contribution is 2.09. The van der Waals surface area contributed by atoms with Crippen LogP contribution in [0.2, 0.25) is 0 Å². The first-order valence-electron chi connectivity index (χ1n) is 5.37. The molecule has 0 aromatic rings. The molecule has 0 aliphatic carbocycles.